The van der Waals surface area contributed by atoms with Crippen LogP contribution in [0.3, 0.4) is 0 Å². The highest BCUT2D eigenvalue weighted by Crippen LogP contribution is 2.41. The molecule has 0 amide bonds. The zero-order valence-electron chi connectivity index (χ0n) is 8.55. The minimum Gasteiger partial charge on any atom is -0.492 e. The molecule has 0 saturated heterocycles. The second-order valence-corrected chi connectivity index (χ2v) is 4.03. The summed E-state index contributed by atoms with van der Waals surface area (Å²) in [6.45, 7) is 0.374. The Balaban J connectivity index is 0.00000144. The Morgan fingerprint density at radius 2 is 2.00 bits per heavy atom. The van der Waals surface area contributed by atoms with E-state index in [1.54, 1.807) is 0 Å². The van der Waals surface area contributed by atoms with Gasteiger partial charge in [-0.2, -0.15) is 13.2 Å². The van der Waals surface area contributed by atoms with Gasteiger partial charge >= 0.3 is 6.18 Å². The fraction of sp³-hybridized carbons (Fsp3) is 0.400. The lowest BCUT2D eigenvalue weighted by molar-refractivity contribution is -0.137. The minimum atomic E-state index is -4.42. The zero-order chi connectivity index (χ0) is 11.9. The van der Waals surface area contributed by atoms with Gasteiger partial charge in [-0.15, -0.1) is 12.4 Å². The van der Waals surface area contributed by atoms with Crippen molar-refractivity contribution in [2.24, 2.45) is 5.73 Å². The van der Waals surface area contributed by atoms with Crippen LogP contribution in [-0.2, 0) is 6.18 Å². The van der Waals surface area contributed by atoms with Gasteiger partial charge in [-0.05, 0) is 12.1 Å². The van der Waals surface area contributed by atoms with E-state index in [4.69, 9.17) is 22.1 Å². The normalized spacial score (nSPS) is 19.0. The lowest BCUT2D eigenvalue weighted by Crippen LogP contribution is -2.21. The van der Waals surface area contributed by atoms with Crippen molar-refractivity contribution in [1.82, 2.24) is 0 Å². The van der Waals surface area contributed by atoms with E-state index in [2.05, 4.69) is 0 Å². The van der Waals surface area contributed by atoms with Crippen LogP contribution in [-0.4, -0.2) is 6.61 Å². The van der Waals surface area contributed by atoms with Crippen LogP contribution < -0.4 is 10.5 Å². The van der Waals surface area contributed by atoms with Gasteiger partial charge in [0.2, 0.25) is 0 Å². The Bertz CT molecular complexity index is 423. The van der Waals surface area contributed by atoms with E-state index in [1.807, 2.05) is 0 Å². The van der Waals surface area contributed by atoms with Crippen molar-refractivity contribution >= 4 is 24.0 Å². The summed E-state index contributed by atoms with van der Waals surface area (Å²) in [5.41, 5.74) is 5.25. The molecule has 17 heavy (non-hydrogen) atoms. The van der Waals surface area contributed by atoms with Crippen molar-refractivity contribution in [3.8, 4) is 5.75 Å². The number of nitrogens with two attached hydrogens (primary N) is 1. The van der Waals surface area contributed by atoms with E-state index in [0.717, 1.165) is 12.1 Å². The summed E-state index contributed by atoms with van der Waals surface area (Å²) in [5.74, 6) is 0.272. The first-order chi connectivity index (χ1) is 7.39. The molecule has 0 saturated carbocycles. The predicted octanol–water partition coefficient (Wildman–Crippen LogP) is 3.56. The predicted molar refractivity (Wildman–Crippen MR) is 60.7 cm³/mol. The number of hydrogen-bond donors (Lipinski definition) is 1. The van der Waals surface area contributed by atoms with Gasteiger partial charge in [-0.3, -0.25) is 0 Å². The van der Waals surface area contributed by atoms with Gasteiger partial charge in [0.05, 0.1) is 17.2 Å². The molecule has 1 atom stereocenters. The van der Waals surface area contributed by atoms with Crippen molar-refractivity contribution in [3.63, 3.8) is 0 Å². The first kappa shape index (κ1) is 14.4. The summed E-state index contributed by atoms with van der Waals surface area (Å²) >= 11 is 5.74. The summed E-state index contributed by atoms with van der Waals surface area (Å²) in [4.78, 5) is 0. The van der Waals surface area contributed by atoms with Crippen molar-refractivity contribution in [2.75, 3.05) is 6.61 Å². The van der Waals surface area contributed by atoms with Gasteiger partial charge < -0.3 is 10.5 Å². The van der Waals surface area contributed by atoms with Crippen molar-refractivity contribution in [3.05, 3.63) is 28.3 Å². The number of halogens is 5. The van der Waals surface area contributed by atoms with Crippen LogP contribution in [0.1, 0.15) is 23.6 Å². The summed E-state index contributed by atoms with van der Waals surface area (Å²) in [6, 6.07) is 1.41. The van der Waals surface area contributed by atoms with E-state index < -0.39 is 17.8 Å². The third-order valence-electron chi connectivity index (χ3n) is 2.47. The molecule has 0 aliphatic carbocycles. The van der Waals surface area contributed by atoms with Gasteiger partial charge in [0.1, 0.15) is 5.75 Å². The van der Waals surface area contributed by atoms with Gasteiger partial charge in [0, 0.05) is 18.0 Å². The molecule has 2 N–H and O–H groups in total. The molecular weight excluding hydrogens is 278 g/mol. The number of alkyl halides is 3. The first-order valence-corrected chi connectivity index (χ1v) is 5.06. The van der Waals surface area contributed by atoms with E-state index in [0.29, 0.717) is 18.6 Å². The van der Waals surface area contributed by atoms with Gasteiger partial charge in [-0.25, -0.2) is 0 Å². The average Bonchev–Trinajstić information content (AvgIpc) is 2.18. The maximum absolute atomic E-state index is 12.5. The standard InChI is InChI=1S/C10H9ClF3NO.ClH/c11-7-4-5(10(12,13)14)3-6-8(15)1-2-16-9(6)7;/h3-4,8H,1-2,15H2;1H/t8-;/m0./s1. The number of ether oxygens (including phenoxy) is 1. The van der Waals surface area contributed by atoms with Crippen LogP contribution in [0.15, 0.2) is 12.1 Å². The molecular formula is C10H10Cl2F3NO. The molecule has 1 aliphatic heterocycles. The third kappa shape index (κ3) is 2.78. The Labute approximate surface area is 107 Å². The Morgan fingerprint density at radius 1 is 1.35 bits per heavy atom. The van der Waals surface area contributed by atoms with Crippen molar-refractivity contribution in [1.29, 1.82) is 0 Å². The van der Waals surface area contributed by atoms with E-state index in [-0.39, 0.29) is 23.2 Å². The Kier molecular flexibility index (Phi) is 4.17. The molecule has 0 spiro atoms. The molecule has 2 nitrogen and oxygen atoms in total. The third-order valence-corrected chi connectivity index (χ3v) is 2.76. The van der Waals surface area contributed by atoms with E-state index in [9.17, 15) is 13.2 Å². The maximum Gasteiger partial charge on any atom is 0.416 e. The van der Waals surface area contributed by atoms with Crippen LogP contribution in [0.5, 0.6) is 5.75 Å². The van der Waals surface area contributed by atoms with Crippen molar-refractivity contribution < 1.29 is 17.9 Å². The fourth-order valence-electron chi connectivity index (χ4n) is 1.65. The van der Waals surface area contributed by atoms with Crippen molar-refractivity contribution in [2.45, 2.75) is 18.6 Å². The highest BCUT2D eigenvalue weighted by Gasteiger charge is 2.33. The highest BCUT2D eigenvalue weighted by atomic mass is 35.5. The lowest BCUT2D eigenvalue weighted by atomic mass is 9.99. The number of fused-ring (bicyclic) bond motifs is 1. The quantitative estimate of drug-likeness (QED) is 0.792. The number of benzene rings is 1. The van der Waals surface area contributed by atoms with Gasteiger partial charge in [0.15, 0.2) is 0 Å². The number of hydrogen-bond acceptors (Lipinski definition) is 2. The SMILES string of the molecule is Cl.N[C@H]1CCOc2c(Cl)cc(C(F)(F)F)cc21. The summed E-state index contributed by atoms with van der Waals surface area (Å²) in [6.07, 6.45) is -3.93. The highest BCUT2D eigenvalue weighted by molar-refractivity contribution is 6.32. The van der Waals surface area contributed by atoms with Crippen LogP contribution in [0.25, 0.3) is 0 Å². The molecule has 1 aromatic carbocycles. The van der Waals surface area contributed by atoms with Crippen LogP contribution >= 0.6 is 24.0 Å². The molecule has 0 fully saturated rings. The Hall–Kier alpha value is -0.650. The molecule has 96 valence electrons. The van der Waals surface area contributed by atoms with Gasteiger partial charge in [-0.1, -0.05) is 11.6 Å². The fourth-order valence-corrected chi connectivity index (χ4v) is 1.93. The zero-order valence-corrected chi connectivity index (χ0v) is 10.1. The molecule has 1 aromatic rings. The Morgan fingerprint density at radius 3 is 2.59 bits per heavy atom. The second kappa shape index (κ2) is 4.92. The summed E-state index contributed by atoms with van der Waals surface area (Å²) in [5, 5.41) is -0.0417. The molecule has 2 rings (SSSR count). The van der Waals surface area contributed by atoms with Gasteiger partial charge in [0.25, 0.3) is 0 Å². The van der Waals surface area contributed by atoms with E-state index >= 15 is 0 Å². The smallest absolute Gasteiger partial charge is 0.416 e. The van der Waals surface area contributed by atoms with Crippen LogP contribution in [0.4, 0.5) is 13.2 Å². The summed E-state index contributed by atoms with van der Waals surface area (Å²) < 4.78 is 42.8. The average molecular weight is 288 g/mol. The topological polar surface area (TPSA) is 35.2 Å². The van der Waals surface area contributed by atoms with E-state index in [1.165, 1.54) is 0 Å². The molecule has 0 unspecified atom stereocenters. The summed E-state index contributed by atoms with van der Waals surface area (Å²) in [7, 11) is 0. The molecule has 0 bridgehead atoms. The molecule has 1 aliphatic rings. The second-order valence-electron chi connectivity index (χ2n) is 3.62. The molecule has 1 heterocycles. The molecule has 0 aromatic heterocycles. The first-order valence-electron chi connectivity index (χ1n) is 4.68. The monoisotopic (exact) mass is 287 g/mol. The van der Waals surface area contributed by atoms with Crippen LogP contribution in [0.2, 0.25) is 5.02 Å². The minimum absolute atomic E-state index is 0. The lowest BCUT2D eigenvalue weighted by Gasteiger charge is -2.25. The molecule has 7 heteroatoms. The largest absolute Gasteiger partial charge is 0.492 e. The maximum atomic E-state index is 12.5. The number of rotatable bonds is 0. The van der Waals surface area contributed by atoms with Crippen LogP contribution in [0, 0.1) is 0 Å². The molecule has 0 radical (unpaired) electrons.